The van der Waals surface area contributed by atoms with Crippen molar-refractivity contribution in [3.05, 3.63) is 54.1 Å². The van der Waals surface area contributed by atoms with Crippen molar-refractivity contribution in [3.63, 3.8) is 0 Å². The molecule has 0 radical (unpaired) electrons. The predicted octanol–water partition coefficient (Wildman–Crippen LogP) is 9.49. The Kier molecular flexibility index (Phi) is 17.6. The Morgan fingerprint density at radius 2 is 0.976 bits per heavy atom. The van der Waals surface area contributed by atoms with E-state index in [0.717, 1.165) is 18.4 Å². The molecule has 234 valence electrons. The van der Waals surface area contributed by atoms with Crippen molar-refractivity contribution >= 4 is 33.3 Å². The number of urea groups is 1. The van der Waals surface area contributed by atoms with Crippen LogP contribution in [-0.4, -0.2) is 20.4 Å². The molecule has 0 saturated heterocycles. The van der Waals surface area contributed by atoms with Crippen molar-refractivity contribution in [2.75, 3.05) is 10.6 Å². The molecule has 0 saturated carbocycles. The van der Waals surface area contributed by atoms with Gasteiger partial charge in [0.05, 0.1) is 4.90 Å². The Balaban J connectivity index is 1.48. The molecule has 42 heavy (non-hydrogen) atoms. The molecule has 0 aromatic heterocycles. The first-order chi connectivity index (χ1) is 20.3. The van der Waals surface area contributed by atoms with Gasteiger partial charge in [-0.2, -0.15) is 0 Å². The normalized spacial score (nSPS) is 11.3. The molecule has 0 unspecified atom stereocenters. The van der Waals surface area contributed by atoms with Gasteiger partial charge < -0.3 is 10.6 Å². The molecule has 0 aliphatic carbocycles. The van der Waals surface area contributed by atoms with E-state index in [1.807, 2.05) is 11.6 Å². The van der Waals surface area contributed by atoms with Crippen LogP contribution in [0.3, 0.4) is 0 Å². The molecule has 3 N–H and O–H groups in total. The van der Waals surface area contributed by atoms with E-state index in [1.54, 1.807) is 36.4 Å². The third kappa shape index (κ3) is 15.9. The summed E-state index contributed by atoms with van der Waals surface area (Å²) >= 11 is 0. The third-order valence-corrected chi connectivity index (χ3v) is 8.84. The van der Waals surface area contributed by atoms with Crippen LogP contribution in [-0.2, 0) is 14.8 Å². The van der Waals surface area contributed by atoms with Crippen LogP contribution < -0.4 is 15.4 Å². The van der Waals surface area contributed by atoms with Crippen molar-refractivity contribution in [2.24, 2.45) is 0 Å². The number of anilines is 2. The highest BCUT2D eigenvalue weighted by Crippen LogP contribution is 2.17. The average Bonchev–Trinajstić information content (AvgIpc) is 2.95. The van der Waals surface area contributed by atoms with Crippen molar-refractivity contribution in [1.82, 2.24) is 4.72 Å². The smallest absolute Gasteiger partial charge is 0.326 e. The minimum atomic E-state index is -3.97. The lowest BCUT2D eigenvalue weighted by atomic mass is 10.0. The molecule has 0 aliphatic heterocycles. The first kappa shape index (κ1) is 35.3. The summed E-state index contributed by atoms with van der Waals surface area (Å²) in [5.41, 5.74) is 1.97. The van der Waals surface area contributed by atoms with Gasteiger partial charge in [-0.25, -0.2) is 17.9 Å². The Labute approximate surface area is 254 Å². The van der Waals surface area contributed by atoms with Crippen molar-refractivity contribution in [3.8, 4) is 0 Å². The first-order valence-corrected chi connectivity index (χ1v) is 17.6. The molecule has 0 atom stereocenters. The van der Waals surface area contributed by atoms with Crippen LogP contribution in [0.4, 0.5) is 16.2 Å². The number of unbranched alkanes of at least 4 members (excludes halogenated alkanes) is 16. The molecular weight excluding hydrogens is 546 g/mol. The lowest BCUT2D eigenvalue weighted by Crippen LogP contribution is -2.34. The number of carbonyl (C=O) groups is 2. The van der Waals surface area contributed by atoms with Crippen LogP contribution in [0.15, 0.2) is 53.4 Å². The maximum atomic E-state index is 12.4. The highest BCUT2D eigenvalue weighted by molar-refractivity contribution is 7.90. The zero-order valence-corrected chi connectivity index (χ0v) is 26.7. The monoisotopic (exact) mass is 599 g/mol. The minimum Gasteiger partial charge on any atom is -0.326 e. The van der Waals surface area contributed by atoms with Crippen LogP contribution in [0.5, 0.6) is 0 Å². The predicted molar refractivity (Wildman–Crippen MR) is 174 cm³/mol. The third-order valence-electron chi connectivity index (χ3n) is 7.49. The fourth-order valence-electron chi connectivity index (χ4n) is 4.93. The summed E-state index contributed by atoms with van der Waals surface area (Å²) in [5, 5.41) is 5.38. The zero-order valence-electron chi connectivity index (χ0n) is 25.9. The van der Waals surface area contributed by atoms with Crippen LogP contribution in [0.2, 0.25) is 0 Å². The number of rotatable bonds is 22. The van der Waals surface area contributed by atoms with Gasteiger partial charge in [-0.15, -0.1) is 0 Å². The molecule has 0 heterocycles. The van der Waals surface area contributed by atoms with Gasteiger partial charge in [0.1, 0.15) is 0 Å². The summed E-state index contributed by atoms with van der Waals surface area (Å²) in [6, 6.07) is 12.0. The summed E-state index contributed by atoms with van der Waals surface area (Å²) in [5.74, 6) is -0.0291. The van der Waals surface area contributed by atoms with E-state index in [2.05, 4.69) is 17.6 Å². The van der Waals surface area contributed by atoms with Gasteiger partial charge >= 0.3 is 6.03 Å². The fraction of sp³-hybridized carbons (Fsp3) is 0.588. The summed E-state index contributed by atoms with van der Waals surface area (Å²) in [6.45, 7) is 4.12. The molecule has 0 spiro atoms. The summed E-state index contributed by atoms with van der Waals surface area (Å²) < 4.78 is 26.7. The molecule has 8 heteroatoms. The van der Waals surface area contributed by atoms with E-state index < -0.39 is 16.1 Å². The zero-order chi connectivity index (χ0) is 30.5. The van der Waals surface area contributed by atoms with Gasteiger partial charge in [0, 0.05) is 17.8 Å². The number of hydrogen-bond donors (Lipinski definition) is 3. The highest BCUT2D eigenvalue weighted by Gasteiger charge is 2.17. The number of hydrogen-bond acceptors (Lipinski definition) is 4. The fourth-order valence-corrected chi connectivity index (χ4v) is 5.83. The van der Waals surface area contributed by atoms with E-state index in [-0.39, 0.29) is 10.8 Å². The summed E-state index contributed by atoms with van der Waals surface area (Å²) in [6.07, 6.45) is 22.8. The molecule has 7 nitrogen and oxygen atoms in total. The molecule has 0 fully saturated rings. The molecule has 2 rings (SSSR count). The van der Waals surface area contributed by atoms with E-state index in [9.17, 15) is 18.0 Å². The number of amides is 3. The van der Waals surface area contributed by atoms with Gasteiger partial charge in [-0.1, -0.05) is 127 Å². The molecule has 2 aromatic carbocycles. The number of aryl methyl sites for hydroxylation is 1. The lowest BCUT2D eigenvalue weighted by Gasteiger charge is -2.10. The lowest BCUT2D eigenvalue weighted by molar-refractivity contribution is -0.116. The Hall–Kier alpha value is -2.87. The summed E-state index contributed by atoms with van der Waals surface area (Å²) in [7, 11) is -3.97. The standard InChI is InChI=1S/C34H53N3O4S/c1-3-4-5-6-7-8-9-10-11-12-13-14-15-16-17-18-19-20-33(38)35-30-23-25-31(26-24-30)36-34(39)37-42(40,41)32-27-21-29(2)22-28-32/h21-28H,3-20H2,1-2H3,(H,35,38)(H2,36,37,39). The Morgan fingerprint density at radius 3 is 1.43 bits per heavy atom. The maximum Gasteiger partial charge on any atom is 0.333 e. The quantitative estimate of drug-likeness (QED) is 0.117. The Morgan fingerprint density at radius 1 is 0.571 bits per heavy atom. The number of sulfonamides is 1. The summed E-state index contributed by atoms with van der Waals surface area (Å²) in [4.78, 5) is 24.5. The molecule has 3 amide bonds. The van der Waals surface area contributed by atoms with Crippen molar-refractivity contribution < 1.29 is 18.0 Å². The average molecular weight is 600 g/mol. The minimum absolute atomic E-state index is 0.0147. The SMILES string of the molecule is CCCCCCCCCCCCCCCCCCCC(=O)Nc1ccc(NC(=O)NS(=O)(=O)c2ccc(C)cc2)cc1. The molecule has 0 bridgehead atoms. The number of nitrogens with one attached hydrogen (secondary N) is 3. The van der Waals surface area contributed by atoms with E-state index in [0.29, 0.717) is 17.8 Å². The maximum absolute atomic E-state index is 12.4. The first-order valence-electron chi connectivity index (χ1n) is 16.1. The van der Waals surface area contributed by atoms with Crippen LogP contribution in [0, 0.1) is 6.92 Å². The van der Waals surface area contributed by atoms with Gasteiger partial charge in [0.2, 0.25) is 5.91 Å². The second-order valence-corrected chi connectivity index (χ2v) is 13.1. The largest absolute Gasteiger partial charge is 0.333 e. The second-order valence-electron chi connectivity index (χ2n) is 11.4. The van der Waals surface area contributed by atoms with Crippen LogP contribution in [0.25, 0.3) is 0 Å². The molecular formula is C34H53N3O4S. The number of carbonyl (C=O) groups excluding carboxylic acids is 2. The Bertz CT molecular complexity index is 1130. The van der Waals surface area contributed by atoms with Crippen LogP contribution in [0.1, 0.15) is 128 Å². The van der Waals surface area contributed by atoms with Gasteiger partial charge in [0.15, 0.2) is 0 Å². The second kappa shape index (κ2) is 20.9. The molecule has 0 aliphatic rings. The van der Waals surface area contributed by atoms with E-state index >= 15 is 0 Å². The highest BCUT2D eigenvalue weighted by atomic mass is 32.2. The van der Waals surface area contributed by atoms with Gasteiger partial charge in [-0.3, -0.25) is 4.79 Å². The van der Waals surface area contributed by atoms with E-state index in [1.165, 1.54) is 108 Å². The van der Waals surface area contributed by atoms with Crippen LogP contribution >= 0.6 is 0 Å². The topological polar surface area (TPSA) is 104 Å². The molecule has 2 aromatic rings. The van der Waals surface area contributed by atoms with Crippen molar-refractivity contribution in [2.45, 2.75) is 134 Å². The van der Waals surface area contributed by atoms with Gasteiger partial charge in [0.25, 0.3) is 10.0 Å². The van der Waals surface area contributed by atoms with Gasteiger partial charge in [-0.05, 0) is 49.7 Å². The number of benzene rings is 2. The van der Waals surface area contributed by atoms with E-state index in [4.69, 9.17) is 0 Å². The van der Waals surface area contributed by atoms with Crippen molar-refractivity contribution in [1.29, 1.82) is 0 Å².